The SMILES string of the molecule is CC(O)CNCC1[C+]2C=C(C(O)COc3cc(CC[C-]4C=C(CO)C(CCCCCCC(N)CC5C=Cc6c(ccc7cc8c(cc67)=CCN=8)C5O)[OH+]4)ccc3O)N=C2C2C=CC13CCCC3C2. The van der Waals surface area contributed by atoms with Crippen LogP contribution in [0.1, 0.15) is 107 Å². The maximum Gasteiger partial charge on any atom is 0.208 e. The summed E-state index contributed by atoms with van der Waals surface area (Å²) in [5, 5.41) is 61.8. The summed E-state index contributed by atoms with van der Waals surface area (Å²) < 4.78 is 11.1. The number of ether oxygens (including phenoxy) is 2. The number of fused-ring (bicyclic) bond motifs is 4. The third-order valence-corrected chi connectivity index (χ3v) is 16.3. The minimum atomic E-state index is -0.961. The second-order valence-electron chi connectivity index (χ2n) is 20.8. The molecule has 2 fully saturated rings. The Bertz CT molecular complexity index is 2620. The third kappa shape index (κ3) is 9.60. The van der Waals surface area contributed by atoms with Gasteiger partial charge >= 0.3 is 0 Å². The number of hydrogen-bond donors (Lipinski definition) is 7. The third-order valence-electron chi connectivity index (χ3n) is 16.3. The summed E-state index contributed by atoms with van der Waals surface area (Å²) in [4.78, 5) is 9.62. The number of rotatable bonds is 21. The molecule has 0 amide bonds. The first-order valence-corrected chi connectivity index (χ1v) is 25.6. The number of allylic oxidation sites excluding steroid dienone is 3. The van der Waals surface area contributed by atoms with Gasteiger partial charge in [0.1, 0.15) is 24.7 Å². The lowest BCUT2D eigenvalue weighted by molar-refractivity contribution is -0.0552. The number of phenols is 1. The van der Waals surface area contributed by atoms with E-state index in [-0.39, 0.29) is 54.3 Å². The molecular formula is C57H71N4O7+. The van der Waals surface area contributed by atoms with Gasteiger partial charge in [-0.25, -0.2) is 0 Å². The highest BCUT2D eigenvalue weighted by molar-refractivity contribution is 6.06. The number of nitrogens with one attached hydrogen (secondary N) is 1. The van der Waals surface area contributed by atoms with Gasteiger partial charge in [-0.1, -0.05) is 74.3 Å². The number of aliphatic imine (C=N–C) groups is 1. The first-order valence-electron chi connectivity index (χ1n) is 25.6. The molecule has 3 aromatic rings. The van der Waals surface area contributed by atoms with E-state index in [1.54, 1.807) is 13.0 Å². The van der Waals surface area contributed by atoms with Crippen LogP contribution in [0, 0.1) is 41.1 Å². The minimum Gasteiger partial charge on any atom is -0.504 e. The fourth-order valence-electron chi connectivity index (χ4n) is 12.6. The second kappa shape index (κ2) is 20.3. The molecule has 11 rings (SSSR count). The number of phenolic OH excluding ortho intramolecular Hbond substituents is 1. The first-order chi connectivity index (χ1) is 33.1. The Balaban J connectivity index is 0.654. The summed E-state index contributed by atoms with van der Waals surface area (Å²) in [6.07, 6.45) is 27.3. The predicted octanol–water partition coefficient (Wildman–Crippen LogP) is 6.30. The average molecular weight is 924 g/mol. The highest BCUT2D eigenvalue weighted by atomic mass is 16.5. The van der Waals surface area contributed by atoms with Crippen molar-refractivity contribution in [2.75, 3.05) is 32.8 Å². The summed E-state index contributed by atoms with van der Waals surface area (Å²) in [7, 11) is 0. The van der Waals surface area contributed by atoms with Crippen molar-refractivity contribution < 1.29 is 35.0 Å². The number of benzene rings is 3. The number of aryl methyl sites for hydroxylation is 1. The van der Waals surface area contributed by atoms with Crippen LogP contribution in [0.2, 0.25) is 0 Å². The summed E-state index contributed by atoms with van der Waals surface area (Å²) in [5.41, 5.74) is 12.4. The van der Waals surface area contributed by atoms with E-state index < -0.39 is 18.3 Å². The summed E-state index contributed by atoms with van der Waals surface area (Å²) in [5.74, 6) is 2.63. The van der Waals surface area contributed by atoms with Gasteiger partial charge in [-0.15, -0.1) is 16.6 Å². The van der Waals surface area contributed by atoms with Crippen molar-refractivity contribution in [3.63, 3.8) is 0 Å². The van der Waals surface area contributed by atoms with E-state index >= 15 is 0 Å². The molecule has 11 heteroatoms. The molecule has 0 aromatic heterocycles. The van der Waals surface area contributed by atoms with Crippen molar-refractivity contribution in [1.82, 2.24) is 5.32 Å². The molecule has 2 saturated carbocycles. The summed E-state index contributed by atoms with van der Waals surface area (Å²) in [6.45, 7) is 3.78. The van der Waals surface area contributed by atoms with Gasteiger partial charge in [-0.3, -0.25) is 4.99 Å². The Labute approximate surface area is 401 Å². The lowest BCUT2D eigenvalue weighted by atomic mass is 9.63. The Morgan fingerprint density at radius 3 is 2.84 bits per heavy atom. The molecule has 3 aliphatic heterocycles. The topological polar surface area (TPSA) is 186 Å². The normalized spacial score (nSPS) is 27.7. The van der Waals surface area contributed by atoms with Gasteiger partial charge in [0.05, 0.1) is 36.1 Å². The van der Waals surface area contributed by atoms with Gasteiger partial charge < -0.3 is 46.1 Å². The van der Waals surface area contributed by atoms with Crippen LogP contribution in [0.4, 0.5) is 0 Å². The molecule has 1 spiro atoms. The molecule has 2 bridgehead atoms. The largest absolute Gasteiger partial charge is 0.504 e. The Morgan fingerprint density at radius 2 is 1.97 bits per heavy atom. The fourth-order valence-corrected chi connectivity index (χ4v) is 12.6. The lowest BCUT2D eigenvalue weighted by Crippen LogP contribution is -2.42. The molecule has 3 aromatic carbocycles. The molecule has 10 unspecified atom stereocenters. The molecular weight excluding hydrogens is 853 g/mol. The number of nitrogens with two attached hydrogens (primary N) is 1. The van der Waals surface area contributed by atoms with E-state index in [0.29, 0.717) is 36.8 Å². The quantitative estimate of drug-likeness (QED) is 0.0281. The molecule has 10 atom stereocenters. The van der Waals surface area contributed by atoms with E-state index in [1.807, 2.05) is 18.2 Å². The zero-order valence-corrected chi connectivity index (χ0v) is 39.6. The molecule has 0 saturated heterocycles. The van der Waals surface area contributed by atoms with Crippen molar-refractivity contribution in [3.8, 4) is 11.5 Å². The van der Waals surface area contributed by atoms with Crippen LogP contribution in [0.25, 0.3) is 22.9 Å². The van der Waals surface area contributed by atoms with E-state index in [2.05, 4.69) is 71.0 Å². The van der Waals surface area contributed by atoms with E-state index in [9.17, 15) is 25.5 Å². The van der Waals surface area contributed by atoms with Crippen LogP contribution >= 0.6 is 0 Å². The zero-order chi connectivity index (χ0) is 46.9. The van der Waals surface area contributed by atoms with Crippen molar-refractivity contribution in [3.05, 3.63) is 123 Å². The lowest BCUT2D eigenvalue weighted by Gasteiger charge is -2.39. The molecule has 68 heavy (non-hydrogen) atoms. The number of aromatic hydroxyl groups is 1. The smallest absolute Gasteiger partial charge is 0.208 e. The number of hydrogen-bond acceptors (Lipinski definition) is 10. The van der Waals surface area contributed by atoms with Crippen molar-refractivity contribution in [2.45, 2.75) is 121 Å². The molecule has 9 N–H and O–H groups in total. The van der Waals surface area contributed by atoms with E-state index in [1.165, 1.54) is 24.0 Å². The van der Waals surface area contributed by atoms with Crippen LogP contribution in [0.15, 0.2) is 94.1 Å². The molecule has 360 valence electrons. The van der Waals surface area contributed by atoms with Gasteiger partial charge in [0.15, 0.2) is 23.3 Å². The van der Waals surface area contributed by atoms with E-state index in [0.717, 1.165) is 121 Å². The Kier molecular flexibility index (Phi) is 14.0. The van der Waals surface area contributed by atoms with Crippen LogP contribution in [0.5, 0.6) is 11.5 Å². The second-order valence-corrected chi connectivity index (χ2v) is 20.8. The standard InChI is InChI=1S/C57H70N4O7/c1-34(63)30-59-31-48-47-29-50(61-55(47)38-18-21-57(48)20-6-7-41(57)24-38)52(65)33-67-54-23-35(11-17-51(54)64)10-14-43-26-40(32-62)53(68-43)9-5-3-2-4-8-42(58)25-39-13-15-44-45(56(39)66)16-12-36-28-49-37(19-22-60-49)27-46(36)44/h11-13,15-19,21,23,26-29,34,38-39,41-42,48,52-53,56,59,62-63,65-66,68H,2-10,14,20,22,24-25,30-33,58H2,1H3/p+1. The molecule has 5 aliphatic carbocycles. The minimum absolute atomic E-state index is 0.00422. The van der Waals surface area contributed by atoms with Crippen LogP contribution < -0.4 is 26.4 Å². The van der Waals surface area contributed by atoms with Crippen molar-refractivity contribution >= 4 is 28.6 Å². The van der Waals surface area contributed by atoms with Gasteiger partial charge in [0.25, 0.3) is 0 Å². The molecule has 3 heterocycles. The number of unbranched alkanes of at least 4 members (excludes halogenated alkanes) is 3. The first kappa shape index (κ1) is 47.0. The van der Waals surface area contributed by atoms with Gasteiger partial charge in [0, 0.05) is 49.4 Å². The summed E-state index contributed by atoms with van der Waals surface area (Å²) in [6, 6.07) is 13.9. The van der Waals surface area contributed by atoms with Crippen LogP contribution in [0.3, 0.4) is 0 Å². The number of nitrogens with zero attached hydrogens (tertiary/aromatic N) is 2. The Hall–Kier alpha value is -4.72. The fraction of sp³-hybridized carbons (Fsp3) is 0.509. The zero-order valence-electron chi connectivity index (χ0n) is 39.6. The molecule has 0 radical (unpaired) electrons. The maximum atomic E-state index is 11.4. The van der Waals surface area contributed by atoms with Crippen molar-refractivity contribution in [1.29, 1.82) is 0 Å². The number of aliphatic hydroxyl groups excluding tert-OH is 4. The van der Waals surface area contributed by atoms with Gasteiger partial charge in [-0.2, -0.15) is 0 Å². The van der Waals surface area contributed by atoms with E-state index in [4.69, 9.17) is 20.2 Å². The Morgan fingerprint density at radius 1 is 1.09 bits per heavy atom. The summed E-state index contributed by atoms with van der Waals surface area (Å²) >= 11 is 0. The molecule has 11 nitrogen and oxygen atoms in total. The maximum absolute atomic E-state index is 11.4. The van der Waals surface area contributed by atoms with Crippen LogP contribution in [-0.4, -0.2) is 93.2 Å². The number of aliphatic hydroxyl groups is 6. The monoisotopic (exact) mass is 924 g/mol. The van der Waals surface area contributed by atoms with Gasteiger partial charge in [-0.05, 0) is 121 Å². The van der Waals surface area contributed by atoms with Crippen LogP contribution in [-0.2, 0) is 6.42 Å². The molecule has 8 aliphatic rings. The average Bonchev–Trinajstić information content (AvgIpc) is 4.15. The van der Waals surface area contributed by atoms with Gasteiger partial charge in [0.2, 0.25) is 5.70 Å². The highest BCUT2D eigenvalue weighted by Gasteiger charge is 2.60. The predicted molar refractivity (Wildman–Crippen MR) is 268 cm³/mol. The van der Waals surface area contributed by atoms with Crippen molar-refractivity contribution in [2.24, 2.45) is 44.8 Å². The highest BCUT2D eigenvalue weighted by Crippen LogP contribution is 2.61.